The second-order valence-corrected chi connectivity index (χ2v) is 3.67. The van der Waals surface area contributed by atoms with Gasteiger partial charge in [0.05, 0.1) is 11.2 Å². The molecule has 1 atom stereocenters. The molecule has 0 saturated carbocycles. The number of nitrogens with two attached hydrogens (primary N) is 1. The van der Waals surface area contributed by atoms with Gasteiger partial charge in [-0.05, 0) is 31.5 Å². The van der Waals surface area contributed by atoms with Gasteiger partial charge in [-0.3, -0.25) is 4.98 Å². The monoisotopic (exact) mass is 186 g/mol. The average Bonchev–Trinajstić information content (AvgIpc) is 2.17. The van der Waals surface area contributed by atoms with Gasteiger partial charge >= 0.3 is 0 Å². The zero-order valence-corrected chi connectivity index (χ0v) is 8.49. The summed E-state index contributed by atoms with van der Waals surface area (Å²) in [5.74, 6) is 0. The van der Waals surface area contributed by atoms with E-state index in [4.69, 9.17) is 5.73 Å². The molecule has 0 saturated heterocycles. The summed E-state index contributed by atoms with van der Waals surface area (Å²) in [7, 11) is 0. The van der Waals surface area contributed by atoms with Crippen LogP contribution in [0.2, 0.25) is 0 Å². The van der Waals surface area contributed by atoms with Crippen molar-refractivity contribution < 1.29 is 0 Å². The Kier molecular flexibility index (Phi) is 2.22. The lowest BCUT2D eigenvalue weighted by atomic mass is 10.1. The van der Waals surface area contributed by atoms with Gasteiger partial charge in [0.1, 0.15) is 0 Å². The van der Waals surface area contributed by atoms with Crippen molar-refractivity contribution in [2.45, 2.75) is 19.9 Å². The van der Waals surface area contributed by atoms with Crippen molar-refractivity contribution in [1.29, 1.82) is 0 Å². The molecule has 0 aliphatic carbocycles. The van der Waals surface area contributed by atoms with E-state index in [2.05, 4.69) is 24.0 Å². The summed E-state index contributed by atoms with van der Waals surface area (Å²) in [6.07, 6.45) is 0. The summed E-state index contributed by atoms with van der Waals surface area (Å²) in [6, 6.07) is 10.2. The van der Waals surface area contributed by atoms with Crippen LogP contribution in [0.15, 0.2) is 30.3 Å². The van der Waals surface area contributed by atoms with E-state index in [1.807, 2.05) is 25.1 Å². The van der Waals surface area contributed by atoms with Gasteiger partial charge in [0.25, 0.3) is 0 Å². The first-order valence-corrected chi connectivity index (χ1v) is 4.80. The highest BCUT2D eigenvalue weighted by atomic mass is 14.8. The van der Waals surface area contributed by atoms with Crippen LogP contribution >= 0.6 is 0 Å². The van der Waals surface area contributed by atoms with Crippen LogP contribution in [0.25, 0.3) is 10.9 Å². The van der Waals surface area contributed by atoms with E-state index in [0.717, 1.165) is 11.2 Å². The average molecular weight is 186 g/mol. The van der Waals surface area contributed by atoms with Gasteiger partial charge in [-0.1, -0.05) is 18.2 Å². The van der Waals surface area contributed by atoms with E-state index in [1.165, 1.54) is 10.9 Å². The Morgan fingerprint density at radius 3 is 2.71 bits per heavy atom. The molecule has 2 N–H and O–H groups in total. The molecule has 72 valence electrons. The highest BCUT2D eigenvalue weighted by molar-refractivity contribution is 5.82. The second kappa shape index (κ2) is 3.39. The molecule has 2 rings (SSSR count). The van der Waals surface area contributed by atoms with Gasteiger partial charge in [-0.2, -0.15) is 0 Å². The van der Waals surface area contributed by atoms with Gasteiger partial charge < -0.3 is 5.73 Å². The van der Waals surface area contributed by atoms with Gasteiger partial charge in [0, 0.05) is 11.4 Å². The number of pyridine rings is 1. The fourth-order valence-electron chi connectivity index (χ4n) is 1.61. The molecule has 2 heteroatoms. The van der Waals surface area contributed by atoms with Crippen LogP contribution in [0, 0.1) is 6.92 Å². The van der Waals surface area contributed by atoms with Gasteiger partial charge in [0.15, 0.2) is 0 Å². The minimum atomic E-state index is -0.00157. The van der Waals surface area contributed by atoms with Crippen LogP contribution in [0.1, 0.15) is 24.2 Å². The molecule has 0 aliphatic heterocycles. The number of fused-ring (bicyclic) bond motifs is 1. The Bertz CT molecular complexity index is 461. The number of rotatable bonds is 1. The zero-order valence-electron chi connectivity index (χ0n) is 8.49. The minimum absolute atomic E-state index is 0.00157. The fourth-order valence-corrected chi connectivity index (χ4v) is 1.61. The molecule has 0 aliphatic rings. The molecule has 2 aromatic rings. The summed E-state index contributed by atoms with van der Waals surface area (Å²) in [6.45, 7) is 4.05. The normalized spacial score (nSPS) is 13.1. The van der Waals surface area contributed by atoms with E-state index in [-0.39, 0.29) is 6.04 Å². The summed E-state index contributed by atoms with van der Waals surface area (Å²) < 4.78 is 0. The van der Waals surface area contributed by atoms with Crippen molar-refractivity contribution in [2.75, 3.05) is 0 Å². The Balaban J connectivity index is 2.72. The Labute approximate surface area is 83.8 Å². The summed E-state index contributed by atoms with van der Waals surface area (Å²) in [5.41, 5.74) is 9.04. The molecule has 0 spiro atoms. The Morgan fingerprint density at radius 1 is 1.29 bits per heavy atom. The number of aromatic nitrogens is 1. The molecule has 14 heavy (non-hydrogen) atoms. The zero-order chi connectivity index (χ0) is 10.1. The number of hydrogen-bond acceptors (Lipinski definition) is 2. The number of hydrogen-bond donors (Lipinski definition) is 1. The number of para-hydroxylation sites is 1. The standard InChI is InChI=1S/C12H14N2/c1-8-7-12(9(2)13)14-11-6-4-3-5-10(8)11/h3-7,9H,13H2,1-2H3/t9-/m0/s1. The van der Waals surface area contributed by atoms with E-state index in [1.54, 1.807) is 0 Å². The van der Waals surface area contributed by atoms with Gasteiger partial charge in [-0.15, -0.1) is 0 Å². The second-order valence-electron chi connectivity index (χ2n) is 3.67. The van der Waals surface area contributed by atoms with Crippen LogP contribution in [0.5, 0.6) is 0 Å². The molecule has 2 nitrogen and oxygen atoms in total. The third kappa shape index (κ3) is 1.49. The third-order valence-electron chi connectivity index (χ3n) is 2.41. The lowest BCUT2D eigenvalue weighted by Gasteiger charge is -2.08. The molecular weight excluding hydrogens is 172 g/mol. The first kappa shape index (κ1) is 9.16. The number of nitrogens with zero attached hydrogens (tertiary/aromatic N) is 1. The maximum absolute atomic E-state index is 5.81. The van der Waals surface area contributed by atoms with Crippen molar-refractivity contribution in [3.63, 3.8) is 0 Å². The van der Waals surface area contributed by atoms with Crippen molar-refractivity contribution in [2.24, 2.45) is 5.73 Å². The first-order valence-electron chi connectivity index (χ1n) is 4.80. The van der Waals surface area contributed by atoms with Crippen LogP contribution in [0.3, 0.4) is 0 Å². The van der Waals surface area contributed by atoms with Crippen LogP contribution < -0.4 is 5.73 Å². The molecular formula is C12H14N2. The van der Waals surface area contributed by atoms with Crippen LogP contribution in [-0.2, 0) is 0 Å². The van der Waals surface area contributed by atoms with E-state index in [0.29, 0.717) is 0 Å². The molecule has 0 radical (unpaired) electrons. The van der Waals surface area contributed by atoms with Crippen molar-refractivity contribution >= 4 is 10.9 Å². The maximum Gasteiger partial charge on any atom is 0.0708 e. The summed E-state index contributed by atoms with van der Waals surface area (Å²) in [5, 5.41) is 1.21. The largest absolute Gasteiger partial charge is 0.323 e. The van der Waals surface area contributed by atoms with Gasteiger partial charge in [-0.25, -0.2) is 0 Å². The third-order valence-corrected chi connectivity index (χ3v) is 2.41. The lowest BCUT2D eigenvalue weighted by Crippen LogP contribution is -2.07. The maximum atomic E-state index is 5.81. The molecule has 0 fully saturated rings. The smallest absolute Gasteiger partial charge is 0.0708 e. The van der Waals surface area contributed by atoms with Crippen molar-refractivity contribution in [1.82, 2.24) is 4.98 Å². The van der Waals surface area contributed by atoms with Crippen molar-refractivity contribution in [3.05, 3.63) is 41.6 Å². The predicted octanol–water partition coefficient (Wildman–Crippen LogP) is 2.56. The number of benzene rings is 1. The minimum Gasteiger partial charge on any atom is -0.323 e. The molecule has 1 aromatic carbocycles. The number of aryl methyl sites for hydroxylation is 1. The van der Waals surface area contributed by atoms with Crippen molar-refractivity contribution in [3.8, 4) is 0 Å². The van der Waals surface area contributed by atoms with E-state index in [9.17, 15) is 0 Å². The summed E-state index contributed by atoms with van der Waals surface area (Å²) >= 11 is 0. The summed E-state index contributed by atoms with van der Waals surface area (Å²) in [4.78, 5) is 4.51. The van der Waals surface area contributed by atoms with E-state index < -0.39 is 0 Å². The quantitative estimate of drug-likeness (QED) is 0.743. The van der Waals surface area contributed by atoms with Gasteiger partial charge in [0.2, 0.25) is 0 Å². The molecule has 0 amide bonds. The first-order chi connectivity index (χ1) is 6.68. The molecule has 0 bridgehead atoms. The highest BCUT2D eigenvalue weighted by Gasteiger charge is 2.04. The molecule has 0 unspecified atom stereocenters. The lowest BCUT2D eigenvalue weighted by molar-refractivity contribution is 0.785. The Morgan fingerprint density at radius 2 is 2.00 bits per heavy atom. The van der Waals surface area contributed by atoms with E-state index >= 15 is 0 Å². The van der Waals surface area contributed by atoms with Crippen LogP contribution in [-0.4, -0.2) is 4.98 Å². The van der Waals surface area contributed by atoms with Crippen LogP contribution in [0.4, 0.5) is 0 Å². The topological polar surface area (TPSA) is 38.9 Å². The molecule has 1 heterocycles. The highest BCUT2D eigenvalue weighted by Crippen LogP contribution is 2.19. The Hall–Kier alpha value is -1.41. The molecule has 1 aromatic heterocycles. The SMILES string of the molecule is Cc1cc([C@H](C)N)nc2ccccc12. The predicted molar refractivity (Wildman–Crippen MR) is 59.1 cm³/mol. The fraction of sp³-hybridized carbons (Fsp3) is 0.250.